The number of nitrogens with one attached hydrogen (secondary N) is 2. The number of carbonyl (C=O) groups excluding carboxylic acids is 2. The second-order valence-corrected chi connectivity index (χ2v) is 8.94. The van der Waals surface area contributed by atoms with E-state index in [4.69, 9.17) is 4.74 Å². The Bertz CT molecular complexity index is 920. The van der Waals surface area contributed by atoms with E-state index < -0.39 is 5.41 Å². The van der Waals surface area contributed by atoms with Crippen LogP contribution >= 0.6 is 0 Å². The van der Waals surface area contributed by atoms with E-state index in [9.17, 15) is 9.59 Å². The quantitative estimate of drug-likeness (QED) is 0.691. The standard InChI is InChI=1S/C24H31N3O3/c1-16(2)12-13-27-20-11-10-19(14-21(20)30-15-24(4,5)22(27)28)26-23(29)25-18-8-6-17(3)7-9-18/h6-11,14,16H,12-13,15H2,1-5H3,(H2,25,26,29). The van der Waals surface area contributed by atoms with Gasteiger partial charge in [0.25, 0.3) is 0 Å². The van der Waals surface area contributed by atoms with Crippen LogP contribution in [0.5, 0.6) is 5.75 Å². The summed E-state index contributed by atoms with van der Waals surface area (Å²) < 4.78 is 5.99. The lowest BCUT2D eigenvalue weighted by molar-refractivity contribution is -0.127. The summed E-state index contributed by atoms with van der Waals surface area (Å²) in [6.07, 6.45) is 0.903. The number of amides is 3. The predicted molar refractivity (Wildman–Crippen MR) is 121 cm³/mol. The number of aryl methyl sites for hydroxylation is 1. The largest absolute Gasteiger partial charge is 0.490 e. The Labute approximate surface area is 178 Å². The number of urea groups is 1. The van der Waals surface area contributed by atoms with Crippen molar-refractivity contribution in [3.8, 4) is 5.75 Å². The van der Waals surface area contributed by atoms with E-state index in [1.165, 1.54) is 0 Å². The van der Waals surface area contributed by atoms with Gasteiger partial charge in [0.1, 0.15) is 12.4 Å². The Balaban J connectivity index is 1.79. The summed E-state index contributed by atoms with van der Waals surface area (Å²) in [6, 6.07) is 12.7. The van der Waals surface area contributed by atoms with Gasteiger partial charge in [0.05, 0.1) is 11.1 Å². The van der Waals surface area contributed by atoms with Crippen LogP contribution in [0.15, 0.2) is 42.5 Å². The van der Waals surface area contributed by atoms with Crippen molar-refractivity contribution >= 4 is 29.0 Å². The zero-order valence-corrected chi connectivity index (χ0v) is 18.4. The molecule has 6 nitrogen and oxygen atoms in total. The molecule has 0 aromatic heterocycles. The van der Waals surface area contributed by atoms with E-state index in [0.29, 0.717) is 23.9 Å². The molecule has 0 spiro atoms. The van der Waals surface area contributed by atoms with Crippen molar-refractivity contribution in [3.63, 3.8) is 0 Å². The molecule has 0 aliphatic carbocycles. The van der Waals surface area contributed by atoms with Gasteiger partial charge < -0.3 is 20.3 Å². The Kier molecular flexibility index (Phi) is 6.34. The second kappa shape index (κ2) is 8.78. The number of hydrogen-bond donors (Lipinski definition) is 2. The molecule has 0 unspecified atom stereocenters. The average Bonchev–Trinajstić information content (AvgIpc) is 2.77. The van der Waals surface area contributed by atoms with E-state index >= 15 is 0 Å². The summed E-state index contributed by atoms with van der Waals surface area (Å²) in [5.74, 6) is 1.14. The number of rotatable bonds is 5. The van der Waals surface area contributed by atoms with Gasteiger partial charge in [-0.1, -0.05) is 31.5 Å². The van der Waals surface area contributed by atoms with Crippen LogP contribution < -0.4 is 20.3 Å². The fourth-order valence-corrected chi connectivity index (χ4v) is 3.26. The van der Waals surface area contributed by atoms with Crippen molar-refractivity contribution in [2.24, 2.45) is 11.3 Å². The molecule has 3 amide bonds. The van der Waals surface area contributed by atoms with E-state index in [2.05, 4.69) is 24.5 Å². The molecule has 1 aliphatic rings. The number of benzene rings is 2. The van der Waals surface area contributed by atoms with Crippen LogP contribution in [0.2, 0.25) is 0 Å². The van der Waals surface area contributed by atoms with Crippen molar-refractivity contribution in [2.45, 2.75) is 41.0 Å². The molecule has 0 bridgehead atoms. The Morgan fingerprint density at radius 1 is 1.10 bits per heavy atom. The molecule has 1 aliphatic heterocycles. The van der Waals surface area contributed by atoms with Crippen molar-refractivity contribution in [3.05, 3.63) is 48.0 Å². The molecule has 2 N–H and O–H groups in total. The normalized spacial score (nSPS) is 15.3. The van der Waals surface area contributed by atoms with Gasteiger partial charge in [-0.05, 0) is 57.4 Å². The highest BCUT2D eigenvalue weighted by atomic mass is 16.5. The molecule has 0 fully saturated rings. The number of fused-ring (bicyclic) bond motifs is 1. The first kappa shape index (κ1) is 21.7. The minimum absolute atomic E-state index is 0.0553. The van der Waals surface area contributed by atoms with E-state index in [1.807, 2.05) is 56.0 Å². The fraction of sp³-hybridized carbons (Fsp3) is 0.417. The molecule has 3 rings (SSSR count). The van der Waals surface area contributed by atoms with Crippen molar-refractivity contribution in [2.75, 3.05) is 28.7 Å². The molecule has 0 atom stereocenters. The van der Waals surface area contributed by atoms with Gasteiger partial charge in [-0.2, -0.15) is 0 Å². The molecule has 30 heavy (non-hydrogen) atoms. The molecule has 160 valence electrons. The van der Waals surface area contributed by atoms with E-state index in [1.54, 1.807) is 12.1 Å². The Morgan fingerprint density at radius 2 is 1.73 bits per heavy atom. The SMILES string of the molecule is Cc1ccc(NC(=O)Nc2ccc3c(c2)OCC(C)(C)C(=O)N3CCC(C)C)cc1. The second-order valence-electron chi connectivity index (χ2n) is 8.94. The minimum Gasteiger partial charge on any atom is -0.490 e. The third-order valence-corrected chi connectivity index (χ3v) is 5.16. The van der Waals surface area contributed by atoms with E-state index in [0.717, 1.165) is 23.4 Å². The maximum Gasteiger partial charge on any atom is 0.323 e. The Morgan fingerprint density at radius 3 is 2.40 bits per heavy atom. The molecule has 0 radical (unpaired) electrons. The van der Waals surface area contributed by atoms with Crippen LogP contribution in [0.4, 0.5) is 21.9 Å². The van der Waals surface area contributed by atoms with Gasteiger partial charge in [-0.25, -0.2) is 4.79 Å². The summed E-state index contributed by atoms with van der Waals surface area (Å²) in [5.41, 5.74) is 2.58. The number of carbonyl (C=O) groups is 2. The van der Waals surface area contributed by atoms with E-state index in [-0.39, 0.29) is 18.5 Å². The lowest BCUT2D eigenvalue weighted by Crippen LogP contribution is -2.42. The molecule has 1 heterocycles. The highest BCUT2D eigenvalue weighted by Gasteiger charge is 2.37. The van der Waals surface area contributed by atoms with Gasteiger partial charge in [0.2, 0.25) is 5.91 Å². The summed E-state index contributed by atoms with van der Waals surface area (Å²) >= 11 is 0. The summed E-state index contributed by atoms with van der Waals surface area (Å²) in [7, 11) is 0. The Hall–Kier alpha value is -3.02. The number of ether oxygens (including phenoxy) is 1. The minimum atomic E-state index is -0.619. The third-order valence-electron chi connectivity index (χ3n) is 5.16. The molecular formula is C24H31N3O3. The number of nitrogens with zero attached hydrogens (tertiary/aromatic N) is 1. The van der Waals surface area contributed by atoms with Gasteiger partial charge in [-0.15, -0.1) is 0 Å². The lowest BCUT2D eigenvalue weighted by atomic mass is 9.92. The van der Waals surface area contributed by atoms with Crippen molar-refractivity contribution in [1.82, 2.24) is 0 Å². The van der Waals surface area contributed by atoms with Crippen LogP contribution in [-0.4, -0.2) is 25.1 Å². The first-order chi connectivity index (χ1) is 14.2. The summed E-state index contributed by atoms with van der Waals surface area (Å²) in [6.45, 7) is 11.0. The third kappa shape index (κ3) is 5.12. The molecule has 6 heteroatoms. The first-order valence-corrected chi connectivity index (χ1v) is 10.4. The fourth-order valence-electron chi connectivity index (χ4n) is 3.26. The van der Waals surface area contributed by atoms with Gasteiger partial charge in [0.15, 0.2) is 0 Å². The molecule has 2 aromatic carbocycles. The van der Waals surface area contributed by atoms with Crippen molar-refractivity contribution < 1.29 is 14.3 Å². The van der Waals surface area contributed by atoms with Crippen LogP contribution in [0.3, 0.4) is 0 Å². The highest BCUT2D eigenvalue weighted by Crippen LogP contribution is 2.38. The number of anilines is 3. The smallest absolute Gasteiger partial charge is 0.323 e. The maximum absolute atomic E-state index is 13.1. The zero-order valence-electron chi connectivity index (χ0n) is 18.4. The highest BCUT2D eigenvalue weighted by molar-refractivity contribution is 6.02. The van der Waals surface area contributed by atoms with Crippen LogP contribution in [0.25, 0.3) is 0 Å². The van der Waals surface area contributed by atoms with Crippen molar-refractivity contribution in [1.29, 1.82) is 0 Å². The van der Waals surface area contributed by atoms with Gasteiger partial charge >= 0.3 is 6.03 Å². The molecule has 0 saturated heterocycles. The van der Waals surface area contributed by atoms with Crippen LogP contribution in [0.1, 0.15) is 39.7 Å². The molecular weight excluding hydrogens is 378 g/mol. The number of hydrogen-bond acceptors (Lipinski definition) is 3. The maximum atomic E-state index is 13.1. The summed E-state index contributed by atoms with van der Waals surface area (Å²) in [4.78, 5) is 27.3. The van der Waals surface area contributed by atoms with Crippen LogP contribution in [-0.2, 0) is 4.79 Å². The summed E-state index contributed by atoms with van der Waals surface area (Å²) in [5, 5.41) is 5.66. The van der Waals surface area contributed by atoms with Crippen LogP contribution in [0, 0.1) is 18.3 Å². The first-order valence-electron chi connectivity index (χ1n) is 10.4. The van der Waals surface area contributed by atoms with Gasteiger partial charge in [-0.3, -0.25) is 4.79 Å². The zero-order chi connectivity index (χ0) is 21.9. The predicted octanol–water partition coefficient (Wildman–Crippen LogP) is 5.44. The average molecular weight is 410 g/mol. The molecule has 0 saturated carbocycles. The monoisotopic (exact) mass is 409 g/mol. The lowest BCUT2D eigenvalue weighted by Gasteiger charge is -2.28. The molecule has 2 aromatic rings. The van der Waals surface area contributed by atoms with Gasteiger partial charge in [0, 0.05) is 24.0 Å². The topological polar surface area (TPSA) is 70.7 Å².